The van der Waals surface area contributed by atoms with Crippen molar-refractivity contribution in [3.05, 3.63) is 48.0 Å². The van der Waals surface area contributed by atoms with Gasteiger partial charge < -0.3 is 15.4 Å². The maximum atomic E-state index is 11.8. The number of hydrogen-bond acceptors (Lipinski definition) is 3. The number of fused-ring (bicyclic) bond motifs is 1. The second-order valence-electron chi connectivity index (χ2n) is 5.07. The van der Waals surface area contributed by atoms with Gasteiger partial charge in [0.25, 0.3) is 0 Å². The molecule has 4 heteroatoms. The van der Waals surface area contributed by atoms with Crippen LogP contribution in [0.1, 0.15) is 12.5 Å². The molecule has 1 amide bonds. The van der Waals surface area contributed by atoms with E-state index in [9.17, 15) is 4.79 Å². The third kappa shape index (κ3) is 4.55. The lowest BCUT2D eigenvalue weighted by Crippen LogP contribution is -2.42. The van der Waals surface area contributed by atoms with Crippen molar-refractivity contribution in [2.45, 2.75) is 19.5 Å². The predicted octanol–water partition coefficient (Wildman–Crippen LogP) is 2.08. The van der Waals surface area contributed by atoms with Gasteiger partial charge in [0.05, 0.1) is 12.6 Å². The van der Waals surface area contributed by atoms with Crippen LogP contribution in [0.25, 0.3) is 10.8 Å². The number of carbonyl (C=O) groups excluding carboxylic acids is 1. The highest BCUT2D eigenvalue weighted by Gasteiger charge is 2.11. The monoisotopic (exact) mass is 286 g/mol. The first-order valence-corrected chi connectivity index (χ1v) is 7.18. The lowest BCUT2D eigenvalue weighted by Gasteiger charge is -2.14. The first-order chi connectivity index (χ1) is 10.2. The summed E-state index contributed by atoms with van der Waals surface area (Å²) < 4.78 is 4.91. The summed E-state index contributed by atoms with van der Waals surface area (Å²) in [6, 6.07) is 14.4. The Morgan fingerprint density at radius 1 is 1.19 bits per heavy atom. The molecule has 0 aromatic heterocycles. The van der Waals surface area contributed by atoms with Crippen LogP contribution in [0.3, 0.4) is 0 Å². The Morgan fingerprint density at radius 2 is 1.95 bits per heavy atom. The van der Waals surface area contributed by atoms with E-state index in [0.717, 1.165) is 0 Å². The zero-order valence-corrected chi connectivity index (χ0v) is 12.6. The van der Waals surface area contributed by atoms with Gasteiger partial charge >= 0.3 is 0 Å². The van der Waals surface area contributed by atoms with Crippen LogP contribution < -0.4 is 10.6 Å². The average molecular weight is 286 g/mol. The number of methoxy groups -OCH3 is 1. The normalized spacial score (nSPS) is 12.3. The molecule has 0 saturated carbocycles. The van der Waals surface area contributed by atoms with Gasteiger partial charge in [-0.3, -0.25) is 4.79 Å². The fourth-order valence-electron chi connectivity index (χ4n) is 2.14. The zero-order chi connectivity index (χ0) is 15.1. The summed E-state index contributed by atoms with van der Waals surface area (Å²) in [5.74, 6) is -0.00663. The second-order valence-corrected chi connectivity index (χ2v) is 5.07. The molecule has 0 fully saturated rings. The Balaban J connectivity index is 1.87. The first-order valence-electron chi connectivity index (χ1n) is 7.18. The molecule has 1 atom stereocenters. The Morgan fingerprint density at radius 3 is 2.71 bits per heavy atom. The van der Waals surface area contributed by atoms with Crippen molar-refractivity contribution in [2.24, 2.45) is 0 Å². The van der Waals surface area contributed by atoms with E-state index in [1.54, 1.807) is 7.11 Å². The SMILES string of the molecule is COCCNC(=O)C(C)NCc1ccc2ccccc2c1. The molecule has 0 heterocycles. The van der Waals surface area contributed by atoms with E-state index in [4.69, 9.17) is 4.74 Å². The van der Waals surface area contributed by atoms with Gasteiger partial charge in [-0.15, -0.1) is 0 Å². The summed E-state index contributed by atoms with van der Waals surface area (Å²) >= 11 is 0. The topological polar surface area (TPSA) is 50.4 Å². The molecule has 2 aromatic carbocycles. The first kappa shape index (κ1) is 15.5. The van der Waals surface area contributed by atoms with Crippen LogP contribution >= 0.6 is 0 Å². The molecular formula is C17H22N2O2. The summed E-state index contributed by atoms with van der Waals surface area (Å²) in [5.41, 5.74) is 1.17. The van der Waals surface area contributed by atoms with Crippen LogP contribution in [-0.4, -0.2) is 32.2 Å². The van der Waals surface area contributed by atoms with Crippen molar-refractivity contribution in [1.29, 1.82) is 0 Å². The van der Waals surface area contributed by atoms with Crippen LogP contribution in [0.4, 0.5) is 0 Å². The van der Waals surface area contributed by atoms with Crippen molar-refractivity contribution in [3.63, 3.8) is 0 Å². The lowest BCUT2D eigenvalue weighted by molar-refractivity contribution is -0.122. The number of benzene rings is 2. The van der Waals surface area contributed by atoms with E-state index in [-0.39, 0.29) is 11.9 Å². The summed E-state index contributed by atoms with van der Waals surface area (Å²) in [4.78, 5) is 11.8. The van der Waals surface area contributed by atoms with E-state index >= 15 is 0 Å². The largest absolute Gasteiger partial charge is 0.383 e. The van der Waals surface area contributed by atoms with Crippen molar-refractivity contribution in [2.75, 3.05) is 20.3 Å². The minimum Gasteiger partial charge on any atom is -0.383 e. The minimum atomic E-state index is -0.228. The molecule has 2 N–H and O–H groups in total. The molecule has 0 bridgehead atoms. The molecule has 2 aromatic rings. The Hall–Kier alpha value is -1.91. The van der Waals surface area contributed by atoms with Crippen LogP contribution in [0.5, 0.6) is 0 Å². The molecule has 112 valence electrons. The van der Waals surface area contributed by atoms with Gasteiger partial charge in [0.15, 0.2) is 0 Å². The standard InChI is InChI=1S/C17H22N2O2/c1-13(17(20)18-9-10-21-2)19-12-14-7-8-15-5-3-4-6-16(15)11-14/h3-8,11,13,19H,9-10,12H2,1-2H3,(H,18,20). The maximum Gasteiger partial charge on any atom is 0.236 e. The fourth-order valence-corrected chi connectivity index (χ4v) is 2.14. The average Bonchev–Trinajstić information content (AvgIpc) is 2.52. The quantitative estimate of drug-likeness (QED) is 0.766. The molecular weight excluding hydrogens is 264 g/mol. The zero-order valence-electron chi connectivity index (χ0n) is 12.6. The Kier molecular flexibility index (Phi) is 5.72. The smallest absolute Gasteiger partial charge is 0.236 e. The lowest BCUT2D eigenvalue weighted by atomic mass is 10.1. The van der Waals surface area contributed by atoms with Crippen LogP contribution in [-0.2, 0) is 16.1 Å². The summed E-state index contributed by atoms with van der Waals surface area (Å²) in [5, 5.41) is 8.51. The number of carbonyl (C=O) groups is 1. The van der Waals surface area contributed by atoms with E-state index < -0.39 is 0 Å². The van der Waals surface area contributed by atoms with E-state index in [1.165, 1.54) is 16.3 Å². The third-order valence-electron chi connectivity index (χ3n) is 3.42. The molecule has 0 aliphatic carbocycles. The Bertz CT molecular complexity index is 598. The van der Waals surface area contributed by atoms with Gasteiger partial charge in [0.1, 0.15) is 0 Å². The molecule has 0 aliphatic rings. The highest BCUT2D eigenvalue weighted by atomic mass is 16.5. The van der Waals surface area contributed by atoms with Crippen molar-refractivity contribution < 1.29 is 9.53 Å². The van der Waals surface area contributed by atoms with Crippen LogP contribution in [0, 0.1) is 0 Å². The number of ether oxygens (including phenoxy) is 1. The molecule has 4 nitrogen and oxygen atoms in total. The number of rotatable bonds is 7. The highest BCUT2D eigenvalue weighted by molar-refractivity contribution is 5.83. The van der Waals surface area contributed by atoms with Gasteiger partial charge in [0, 0.05) is 20.2 Å². The second kappa shape index (κ2) is 7.76. The number of nitrogens with one attached hydrogen (secondary N) is 2. The molecule has 0 radical (unpaired) electrons. The molecule has 0 aliphatic heterocycles. The highest BCUT2D eigenvalue weighted by Crippen LogP contribution is 2.15. The van der Waals surface area contributed by atoms with Gasteiger partial charge in [-0.1, -0.05) is 36.4 Å². The van der Waals surface area contributed by atoms with Crippen molar-refractivity contribution in [1.82, 2.24) is 10.6 Å². The fraction of sp³-hybridized carbons (Fsp3) is 0.353. The minimum absolute atomic E-state index is 0.00663. The van der Waals surface area contributed by atoms with Gasteiger partial charge in [-0.25, -0.2) is 0 Å². The Labute approximate surface area is 125 Å². The number of hydrogen-bond donors (Lipinski definition) is 2. The van der Waals surface area contributed by atoms with Crippen LogP contribution in [0.2, 0.25) is 0 Å². The van der Waals surface area contributed by atoms with Gasteiger partial charge in [-0.2, -0.15) is 0 Å². The summed E-state index contributed by atoms with van der Waals surface area (Å²) in [7, 11) is 1.62. The van der Waals surface area contributed by atoms with Crippen molar-refractivity contribution in [3.8, 4) is 0 Å². The summed E-state index contributed by atoms with van der Waals surface area (Å²) in [6.07, 6.45) is 0. The van der Waals surface area contributed by atoms with Gasteiger partial charge in [0.2, 0.25) is 5.91 Å². The molecule has 0 saturated heterocycles. The summed E-state index contributed by atoms with van der Waals surface area (Å²) in [6.45, 7) is 3.60. The maximum absolute atomic E-state index is 11.8. The van der Waals surface area contributed by atoms with E-state index in [2.05, 4.69) is 41.0 Å². The van der Waals surface area contributed by atoms with E-state index in [1.807, 2.05) is 19.1 Å². The number of amides is 1. The molecule has 0 spiro atoms. The van der Waals surface area contributed by atoms with Crippen LogP contribution in [0.15, 0.2) is 42.5 Å². The molecule has 1 unspecified atom stereocenters. The van der Waals surface area contributed by atoms with Crippen molar-refractivity contribution >= 4 is 16.7 Å². The molecule has 21 heavy (non-hydrogen) atoms. The molecule has 2 rings (SSSR count). The third-order valence-corrected chi connectivity index (χ3v) is 3.42. The van der Waals surface area contributed by atoms with E-state index in [0.29, 0.717) is 19.7 Å². The van der Waals surface area contributed by atoms with Gasteiger partial charge in [-0.05, 0) is 29.3 Å². The predicted molar refractivity (Wildman–Crippen MR) is 85.1 cm³/mol.